The van der Waals surface area contributed by atoms with Gasteiger partial charge in [0.15, 0.2) is 0 Å². The Balaban J connectivity index is 1.91. The van der Waals surface area contributed by atoms with Crippen LogP contribution in [0.2, 0.25) is 0 Å². The summed E-state index contributed by atoms with van der Waals surface area (Å²) in [6.45, 7) is 9.56. The largest absolute Gasteiger partial charge is 0.385 e. The van der Waals surface area contributed by atoms with Crippen LogP contribution in [0.4, 0.5) is 0 Å². The molecule has 1 aliphatic heterocycles. The molecule has 1 amide bonds. The van der Waals surface area contributed by atoms with Gasteiger partial charge in [-0.25, -0.2) is 0 Å². The lowest BCUT2D eigenvalue weighted by molar-refractivity contribution is -0.122. The third-order valence-electron chi connectivity index (χ3n) is 4.72. The summed E-state index contributed by atoms with van der Waals surface area (Å²) < 4.78 is 5.00. The molecular weight excluding hydrogens is 300 g/mol. The van der Waals surface area contributed by atoms with Gasteiger partial charge in [0.1, 0.15) is 0 Å². The number of methoxy groups -OCH3 is 1. The van der Waals surface area contributed by atoms with E-state index in [1.807, 2.05) is 0 Å². The summed E-state index contributed by atoms with van der Waals surface area (Å²) in [5.74, 6) is 0.115. The number of carbonyl (C=O) groups is 1. The van der Waals surface area contributed by atoms with Crippen LogP contribution in [0.15, 0.2) is 24.3 Å². The van der Waals surface area contributed by atoms with Crippen LogP contribution in [-0.2, 0) is 14.9 Å². The summed E-state index contributed by atoms with van der Waals surface area (Å²) in [5, 5.41) is 2.98. The van der Waals surface area contributed by atoms with Gasteiger partial charge in [0, 0.05) is 26.3 Å². The van der Waals surface area contributed by atoms with Crippen molar-refractivity contribution in [3.63, 3.8) is 0 Å². The predicted octanol–water partition coefficient (Wildman–Crippen LogP) is 3.27. The molecule has 0 aromatic heterocycles. The highest BCUT2D eigenvalue weighted by atomic mass is 16.5. The molecule has 1 atom stereocenters. The highest BCUT2D eigenvalue weighted by Gasteiger charge is 2.27. The van der Waals surface area contributed by atoms with Gasteiger partial charge in [0.2, 0.25) is 5.91 Å². The van der Waals surface area contributed by atoms with Gasteiger partial charge in [-0.1, -0.05) is 45.0 Å². The fourth-order valence-electron chi connectivity index (χ4n) is 3.28. The molecule has 2 rings (SSSR count). The first-order valence-electron chi connectivity index (χ1n) is 9.02. The van der Waals surface area contributed by atoms with E-state index in [0.717, 1.165) is 25.8 Å². The molecule has 1 aromatic carbocycles. The average molecular weight is 332 g/mol. The van der Waals surface area contributed by atoms with E-state index in [1.165, 1.54) is 11.1 Å². The average Bonchev–Trinajstić information content (AvgIpc) is 2.99. The molecule has 0 spiro atoms. The molecule has 1 fully saturated rings. The van der Waals surface area contributed by atoms with Crippen LogP contribution < -0.4 is 5.32 Å². The molecule has 1 saturated heterocycles. The smallest absolute Gasteiger partial charge is 0.234 e. The Bertz CT molecular complexity index is 519. The topological polar surface area (TPSA) is 41.6 Å². The van der Waals surface area contributed by atoms with Crippen LogP contribution in [0.25, 0.3) is 0 Å². The molecule has 0 radical (unpaired) electrons. The van der Waals surface area contributed by atoms with Crippen molar-refractivity contribution < 1.29 is 9.53 Å². The molecule has 1 aromatic rings. The number of rotatable bonds is 7. The lowest BCUT2D eigenvalue weighted by atomic mass is 9.86. The number of nitrogens with zero attached hydrogens (tertiary/aromatic N) is 1. The van der Waals surface area contributed by atoms with E-state index >= 15 is 0 Å². The summed E-state index contributed by atoms with van der Waals surface area (Å²) >= 11 is 0. The standard InChI is InChI=1S/C20H32N2O2/c1-20(2,3)17-10-8-16(9-11-17)18-7-5-13-22(18)15-19(23)21-12-6-14-24-4/h8-11,18H,5-7,12-15H2,1-4H3,(H,21,23). The Hall–Kier alpha value is -1.39. The van der Waals surface area contributed by atoms with Crippen LogP contribution in [0.3, 0.4) is 0 Å². The van der Waals surface area contributed by atoms with Crippen LogP contribution in [0.1, 0.15) is 57.2 Å². The Labute approximate surface area is 146 Å². The van der Waals surface area contributed by atoms with Gasteiger partial charge < -0.3 is 10.1 Å². The van der Waals surface area contributed by atoms with Gasteiger partial charge in [0.05, 0.1) is 6.54 Å². The van der Waals surface area contributed by atoms with E-state index in [9.17, 15) is 4.79 Å². The first-order valence-corrected chi connectivity index (χ1v) is 9.02. The molecule has 0 bridgehead atoms. The molecule has 1 heterocycles. The quantitative estimate of drug-likeness (QED) is 0.779. The van der Waals surface area contributed by atoms with Gasteiger partial charge in [-0.2, -0.15) is 0 Å². The number of hydrogen-bond acceptors (Lipinski definition) is 3. The summed E-state index contributed by atoms with van der Waals surface area (Å²) in [6.07, 6.45) is 3.15. The van der Waals surface area contributed by atoms with Crippen molar-refractivity contribution in [2.45, 2.75) is 51.5 Å². The van der Waals surface area contributed by atoms with E-state index < -0.39 is 0 Å². The maximum absolute atomic E-state index is 12.1. The fraction of sp³-hybridized carbons (Fsp3) is 0.650. The lowest BCUT2D eigenvalue weighted by Gasteiger charge is -2.25. The zero-order chi connectivity index (χ0) is 17.6. The summed E-state index contributed by atoms with van der Waals surface area (Å²) in [4.78, 5) is 14.4. The van der Waals surface area contributed by atoms with E-state index in [2.05, 4.69) is 55.3 Å². The minimum atomic E-state index is 0.115. The second kappa shape index (κ2) is 8.63. The van der Waals surface area contributed by atoms with Crippen molar-refractivity contribution in [2.24, 2.45) is 0 Å². The zero-order valence-electron chi connectivity index (χ0n) is 15.6. The van der Waals surface area contributed by atoms with Gasteiger partial charge >= 0.3 is 0 Å². The second-order valence-electron chi connectivity index (χ2n) is 7.70. The maximum atomic E-state index is 12.1. The van der Waals surface area contributed by atoms with Crippen molar-refractivity contribution in [1.29, 1.82) is 0 Å². The van der Waals surface area contributed by atoms with E-state index in [0.29, 0.717) is 25.7 Å². The summed E-state index contributed by atoms with van der Waals surface area (Å²) in [5.41, 5.74) is 2.86. The molecule has 0 aliphatic carbocycles. The Morgan fingerprint density at radius 3 is 2.62 bits per heavy atom. The highest BCUT2D eigenvalue weighted by molar-refractivity contribution is 5.78. The number of amides is 1. The van der Waals surface area contributed by atoms with Crippen molar-refractivity contribution in [3.05, 3.63) is 35.4 Å². The van der Waals surface area contributed by atoms with Gasteiger partial charge in [-0.3, -0.25) is 9.69 Å². The molecule has 1 N–H and O–H groups in total. The van der Waals surface area contributed by atoms with E-state index in [-0.39, 0.29) is 11.3 Å². The minimum absolute atomic E-state index is 0.115. The zero-order valence-corrected chi connectivity index (χ0v) is 15.6. The van der Waals surface area contributed by atoms with Crippen molar-refractivity contribution >= 4 is 5.91 Å². The molecule has 24 heavy (non-hydrogen) atoms. The molecule has 134 valence electrons. The molecule has 1 aliphatic rings. The molecule has 1 unspecified atom stereocenters. The first kappa shape index (κ1) is 18.9. The normalized spacial score (nSPS) is 18.8. The first-order chi connectivity index (χ1) is 11.4. The van der Waals surface area contributed by atoms with Crippen molar-refractivity contribution in [3.8, 4) is 0 Å². The van der Waals surface area contributed by atoms with E-state index in [1.54, 1.807) is 7.11 Å². The monoisotopic (exact) mass is 332 g/mol. The number of hydrogen-bond donors (Lipinski definition) is 1. The lowest BCUT2D eigenvalue weighted by Crippen LogP contribution is -2.37. The number of nitrogens with one attached hydrogen (secondary N) is 1. The van der Waals surface area contributed by atoms with Crippen molar-refractivity contribution in [1.82, 2.24) is 10.2 Å². The predicted molar refractivity (Wildman–Crippen MR) is 98.2 cm³/mol. The number of carbonyl (C=O) groups excluding carboxylic acids is 1. The van der Waals surface area contributed by atoms with Crippen LogP contribution in [-0.4, -0.2) is 44.2 Å². The van der Waals surface area contributed by atoms with Crippen LogP contribution in [0, 0.1) is 0 Å². The Kier molecular flexibility index (Phi) is 6.81. The fourth-order valence-corrected chi connectivity index (χ4v) is 3.28. The van der Waals surface area contributed by atoms with Crippen LogP contribution >= 0.6 is 0 Å². The van der Waals surface area contributed by atoms with Gasteiger partial charge in [0.25, 0.3) is 0 Å². The molecule has 4 nitrogen and oxygen atoms in total. The number of ether oxygens (including phenoxy) is 1. The van der Waals surface area contributed by atoms with Gasteiger partial charge in [-0.05, 0) is 42.3 Å². The molecular formula is C20H32N2O2. The second-order valence-corrected chi connectivity index (χ2v) is 7.70. The Morgan fingerprint density at radius 1 is 1.29 bits per heavy atom. The third kappa shape index (κ3) is 5.32. The summed E-state index contributed by atoms with van der Waals surface area (Å²) in [7, 11) is 1.68. The SMILES string of the molecule is COCCCNC(=O)CN1CCCC1c1ccc(C(C)(C)C)cc1. The minimum Gasteiger partial charge on any atom is -0.385 e. The molecule has 0 saturated carbocycles. The number of benzene rings is 1. The molecule has 4 heteroatoms. The van der Waals surface area contributed by atoms with Crippen LogP contribution in [0.5, 0.6) is 0 Å². The van der Waals surface area contributed by atoms with Gasteiger partial charge in [-0.15, -0.1) is 0 Å². The highest BCUT2D eigenvalue weighted by Crippen LogP contribution is 2.32. The third-order valence-corrected chi connectivity index (χ3v) is 4.72. The Morgan fingerprint density at radius 2 is 2.00 bits per heavy atom. The van der Waals surface area contributed by atoms with Crippen molar-refractivity contribution in [2.75, 3.05) is 33.4 Å². The summed E-state index contributed by atoms with van der Waals surface area (Å²) in [6, 6.07) is 9.30. The maximum Gasteiger partial charge on any atom is 0.234 e. The van der Waals surface area contributed by atoms with E-state index in [4.69, 9.17) is 4.74 Å². The number of likely N-dealkylation sites (tertiary alicyclic amines) is 1.